The van der Waals surface area contributed by atoms with Crippen molar-refractivity contribution in [2.24, 2.45) is 0 Å². The van der Waals surface area contributed by atoms with Gasteiger partial charge in [0.2, 0.25) is 0 Å². The third kappa shape index (κ3) is 6.76. The highest BCUT2D eigenvalue weighted by molar-refractivity contribution is 6.74. The van der Waals surface area contributed by atoms with E-state index in [0.717, 1.165) is 5.56 Å². The van der Waals surface area contributed by atoms with Crippen molar-refractivity contribution in [3.05, 3.63) is 48.2 Å². The quantitative estimate of drug-likeness (QED) is 0.217. The Balaban J connectivity index is 1.63. The molecule has 1 saturated heterocycles. The largest absolute Gasteiger partial charge is 0.495 e. The lowest BCUT2D eigenvalue weighted by Gasteiger charge is -2.40. The molecule has 0 amide bonds. The second-order valence-electron chi connectivity index (χ2n) is 13.8. The number of methoxy groups -OCH3 is 1. The molecule has 3 atom stereocenters. The van der Waals surface area contributed by atoms with E-state index < -0.39 is 16.6 Å². The molecule has 0 aliphatic carbocycles. The van der Waals surface area contributed by atoms with Crippen molar-refractivity contribution in [1.82, 2.24) is 19.5 Å². The van der Waals surface area contributed by atoms with Crippen LogP contribution >= 0.6 is 0 Å². The summed E-state index contributed by atoms with van der Waals surface area (Å²) >= 11 is 0. The highest BCUT2D eigenvalue weighted by Crippen LogP contribution is 2.43. The maximum absolute atomic E-state index is 6.95. The SMILES string of the molecule is COc1ccccc1C#Cc1ncnc2c1ncn2[C@H]1C[C@H](O[Si](C)(C)C(C)(C)C)[C@@H](CO[Si](C)(C)C(C)(C)C)O1. The van der Waals surface area contributed by atoms with Crippen molar-refractivity contribution in [3.8, 4) is 17.6 Å². The topological polar surface area (TPSA) is 80.5 Å². The van der Waals surface area contributed by atoms with Gasteiger partial charge in [-0.1, -0.05) is 59.6 Å². The number of fused-ring (bicyclic) bond motifs is 1. The van der Waals surface area contributed by atoms with Gasteiger partial charge in [0.15, 0.2) is 22.3 Å². The van der Waals surface area contributed by atoms with Crippen LogP contribution in [0.4, 0.5) is 0 Å². The Morgan fingerprint density at radius 3 is 2.29 bits per heavy atom. The predicted octanol–water partition coefficient (Wildman–Crippen LogP) is 6.93. The molecule has 0 N–H and O–H groups in total. The standard InChI is InChI=1S/C31H46N4O4Si2/c1-30(2,3)40(8,9)37-19-26-25(39-41(10,11)31(4,5)6)18-27(38-26)35-21-34-28-23(32-20-33-29(28)35)17-16-22-14-12-13-15-24(22)36-7/h12-15,20-21,25-27H,18-19H2,1-11H3/t25-,26+,27+/m0/s1. The summed E-state index contributed by atoms with van der Waals surface area (Å²) in [5, 5.41) is 0.194. The van der Waals surface area contributed by atoms with Gasteiger partial charge in [0.25, 0.3) is 0 Å². The Hall–Kier alpha value is -2.56. The normalized spacial score (nSPS) is 20.2. The molecule has 2 aromatic heterocycles. The molecule has 4 rings (SSSR count). The van der Waals surface area contributed by atoms with Crippen LogP contribution in [0.1, 0.15) is 65.4 Å². The van der Waals surface area contributed by atoms with E-state index in [2.05, 4.69) is 94.5 Å². The average Bonchev–Trinajstić information content (AvgIpc) is 3.49. The minimum absolute atomic E-state index is 0.0832. The molecule has 0 radical (unpaired) electrons. The number of para-hydroxylation sites is 1. The van der Waals surface area contributed by atoms with Crippen LogP contribution in [0.3, 0.4) is 0 Å². The van der Waals surface area contributed by atoms with Crippen molar-refractivity contribution in [3.63, 3.8) is 0 Å². The van der Waals surface area contributed by atoms with E-state index in [9.17, 15) is 0 Å². The first-order valence-electron chi connectivity index (χ1n) is 14.3. The molecular weight excluding hydrogens is 549 g/mol. The number of rotatable bonds is 7. The summed E-state index contributed by atoms with van der Waals surface area (Å²) in [4.78, 5) is 13.7. The van der Waals surface area contributed by atoms with Gasteiger partial charge in [-0.25, -0.2) is 15.0 Å². The van der Waals surface area contributed by atoms with Gasteiger partial charge in [-0.3, -0.25) is 4.57 Å². The molecule has 3 heterocycles. The fraction of sp³-hybridized carbons (Fsp3) is 0.581. The fourth-order valence-electron chi connectivity index (χ4n) is 4.24. The molecule has 0 bridgehead atoms. The van der Waals surface area contributed by atoms with Crippen molar-refractivity contribution in [2.45, 2.75) is 103 Å². The van der Waals surface area contributed by atoms with Crippen LogP contribution in [-0.2, 0) is 13.6 Å². The Morgan fingerprint density at radius 1 is 0.951 bits per heavy atom. The molecule has 1 fully saturated rings. The first-order valence-corrected chi connectivity index (χ1v) is 20.2. The Bertz CT molecular complexity index is 1430. The van der Waals surface area contributed by atoms with E-state index in [0.29, 0.717) is 35.6 Å². The smallest absolute Gasteiger partial charge is 0.192 e. The van der Waals surface area contributed by atoms with Gasteiger partial charge in [0, 0.05) is 6.42 Å². The molecule has 0 unspecified atom stereocenters. The first kappa shape index (κ1) is 31.4. The number of benzene rings is 1. The van der Waals surface area contributed by atoms with Gasteiger partial charge >= 0.3 is 0 Å². The molecule has 222 valence electrons. The van der Waals surface area contributed by atoms with Gasteiger partial charge in [0.1, 0.15) is 35.6 Å². The Labute approximate surface area is 247 Å². The molecule has 1 aliphatic heterocycles. The van der Waals surface area contributed by atoms with E-state index in [1.807, 2.05) is 28.8 Å². The molecule has 1 aromatic carbocycles. The maximum atomic E-state index is 6.95. The molecule has 0 saturated carbocycles. The van der Waals surface area contributed by atoms with E-state index in [-0.39, 0.29) is 28.5 Å². The molecule has 10 heteroatoms. The number of hydrogen-bond donors (Lipinski definition) is 0. The summed E-state index contributed by atoms with van der Waals surface area (Å²) in [7, 11) is -2.39. The van der Waals surface area contributed by atoms with E-state index in [1.165, 1.54) is 6.33 Å². The van der Waals surface area contributed by atoms with Crippen molar-refractivity contribution in [1.29, 1.82) is 0 Å². The molecule has 3 aromatic rings. The third-order valence-electron chi connectivity index (χ3n) is 8.94. The molecule has 0 spiro atoms. The molecular formula is C31H46N4O4Si2. The van der Waals surface area contributed by atoms with Gasteiger partial charge in [0.05, 0.1) is 31.7 Å². The maximum Gasteiger partial charge on any atom is 0.192 e. The Morgan fingerprint density at radius 2 is 1.63 bits per heavy atom. The van der Waals surface area contributed by atoms with Crippen LogP contribution in [-0.4, -0.2) is 62.1 Å². The second kappa shape index (κ2) is 11.6. The van der Waals surface area contributed by atoms with Gasteiger partial charge in [-0.2, -0.15) is 0 Å². The predicted molar refractivity (Wildman–Crippen MR) is 168 cm³/mol. The van der Waals surface area contributed by atoms with Crippen LogP contribution in [0.5, 0.6) is 5.75 Å². The zero-order chi connectivity index (χ0) is 30.2. The van der Waals surface area contributed by atoms with E-state index in [4.69, 9.17) is 18.3 Å². The van der Waals surface area contributed by atoms with Crippen LogP contribution in [0.2, 0.25) is 36.3 Å². The second-order valence-corrected chi connectivity index (χ2v) is 23.4. The highest BCUT2D eigenvalue weighted by Gasteiger charge is 2.46. The number of aromatic nitrogens is 4. The van der Waals surface area contributed by atoms with Gasteiger partial charge < -0.3 is 18.3 Å². The minimum Gasteiger partial charge on any atom is -0.495 e. The van der Waals surface area contributed by atoms with Gasteiger partial charge in [-0.05, 0) is 54.3 Å². The fourth-order valence-corrected chi connectivity index (χ4v) is 6.61. The molecule has 1 aliphatic rings. The summed E-state index contributed by atoms with van der Waals surface area (Å²) in [5.74, 6) is 7.06. The monoisotopic (exact) mass is 594 g/mol. The molecule has 8 nitrogen and oxygen atoms in total. The number of ether oxygens (including phenoxy) is 2. The molecule has 41 heavy (non-hydrogen) atoms. The number of imidazole rings is 1. The van der Waals surface area contributed by atoms with Crippen LogP contribution in [0.15, 0.2) is 36.9 Å². The lowest BCUT2D eigenvalue weighted by molar-refractivity contribution is -0.0383. The zero-order valence-electron chi connectivity index (χ0n) is 26.5. The lowest BCUT2D eigenvalue weighted by Crippen LogP contribution is -2.48. The van der Waals surface area contributed by atoms with E-state index >= 15 is 0 Å². The summed E-state index contributed by atoms with van der Waals surface area (Å²) in [6.07, 6.45) is 3.44. The first-order chi connectivity index (χ1) is 19.0. The summed E-state index contributed by atoms with van der Waals surface area (Å²) in [6, 6.07) is 7.66. The highest BCUT2D eigenvalue weighted by atomic mass is 28.4. The third-order valence-corrected chi connectivity index (χ3v) is 17.9. The van der Waals surface area contributed by atoms with Crippen molar-refractivity contribution >= 4 is 27.8 Å². The summed E-state index contributed by atoms with van der Waals surface area (Å²) < 4.78 is 27.7. The Kier molecular flexibility index (Phi) is 8.89. The summed E-state index contributed by atoms with van der Waals surface area (Å²) in [6.45, 7) is 23.2. The van der Waals surface area contributed by atoms with Gasteiger partial charge in [-0.15, -0.1) is 0 Å². The van der Waals surface area contributed by atoms with Crippen molar-refractivity contribution in [2.75, 3.05) is 13.7 Å². The van der Waals surface area contributed by atoms with E-state index in [1.54, 1.807) is 13.4 Å². The summed E-state index contributed by atoms with van der Waals surface area (Å²) in [5.41, 5.74) is 2.67. The van der Waals surface area contributed by atoms with Crippen LogP contribution < -0.4 is 4.74 Å². The van der Waals surface area contributed by atoms with Crippen LogP contribution in [0, 0.1) is 11.8 Å². The number of nitrogens with zero attached hydrogens (tertiary/aromatic N) is 4. The average molecular weight is 595 g/mol. The number of hydrogen-bond acceptors (Lipinski definition) is 7. The lowest BCUT2D eigenvalue weighted by atomic mass is 10.2. The van der Waals surface area contributed by atoms with Crippen molar-refractivity contribution < 1.29 is 18.3 Å². The van der Waals surface area contributed by atoms with Crippen LogP contribution in [0.25, 0.3) is 11.2 Å². The minimum atomic E-state index is -2.05. The zero-order valence-corrected chi connectivity index (χ0v) is 28.5.